The van der Waals surface area contributed by atoms with E-state index in [0.29, 0.717) is 6.61 Å². The van der Waals surface area contributed by atoms with E-state index in [9.17, 15) is 4.79 Å². The Bertz CT molecular complexity index is 399. The van der Waals surface area contributed by atoms with Crippen LogP contribution >= 0.6 is 0 Å². The Labute approximate surface area is 108 Å². The summed E-state index contributed by atoms with van der Waals surface area (Å²) in [6, 6.07) is 7.94. The fourth-order valence-electron chi connectivity index (χ4n) is 1.73. The largest absolute Gasteiger partial charge is 0.491 e. The van der Waals surface area contributed by atoms with Crippen molar-refractivity contribution in [3.63, 3.8) is 0 Å². The number of rotatable bonds is 5. The van der Waals surface area contributed by atoms with Crippen molar-refractivity contribution in [1.82, 2.24) is 10.6 Å². The lowest BCUT2D eigenvalue weighted by molar-refractivity contribution is -0.127. The van der Waals surface area contributed by atoms with Gasteiger partial charge in [0.15, 0.2) is 0 Å². The van der Waals surface area contributed by atoms with Crippen LogP contribution in [0, 0.1) is 12.8 Å². The van der Waals surface area contributed by atoms with Crippen LogP contribution in [0.25, 0.3) is 0 Å². The molecule has 0 aromatic heterocycles. The molecule has 1 heterocycles. The van der Waals surface area contributed by atoms with Gasteiger partial charge in [-0.25, -0.2) is 0 Å². The number of benzene rings is 1. The summed E-state index contributed by atoms with van der Waals surface area (Å²) in [5.74, 6) is 1.09. The molecule has 1 aromatic rings. The Kier molecular flexibility index (Phi) is 4.20. The van der Waals surface area contributed by atoms with Crippen molar-refractivity contribution in [2.75, 3.05) is 19.7 Å². The van der Waals surface area contributed by atoms with Gasteiger partial charge in [0.1, 0.15) is 12.4 Å². The average Bonchev–Trinajstić information content (AvgIpc) is 2.25. The SMILES string of the molecule is Cc1ccc(OCC(C)NC(=O)C2CNC2)cc1. The number of ether oxygens (including phenoxy) is 1. The highest BCUT2D eigenvalue weighted by molar-refractivity contribution is 5.80. The van der Waals surface area contributed by atoms with E-state index in [2.05, 4.69) is 10.6 Å². The summed E-state index contributed by atoms with van der Waals surface area (Å²) in [6.45, 7) is 6.07. The van der Waals surface area contributed by atoms with Gasteiger partial charge in [-0.3, -0.25) is 4.79 Å². The van der Waals surface area contributed by atoms with Crippen LogP contribution in [-0.2, 0) is 4.79 Å². The zero-order chi connectivity index (χ0) is 13.0. The topological polar surface area (TPSA) is 50.4 Å². The average molecular weight is 248 g/mol. The third-order valence-electron chi connectivity index (χ3n) is 3.06. The van der Waals surface area contributed by atoms with Gasteiger partial charge in [0, 0.05) is 13.1 Å². The molecule has 1 fully saturated rings. The van der Waals surface area contributed by atoms with Crippen LogP contribution in [0.5, 0.6) is 5.75 Å². The molecule has 0 spiro atoms. The molecule has 1 aliphatic rings. The van der Waals surface area contributed by atoms with E-state index in [1.165, 1.54) is 5.56 Å². The Balaban J connectivity index is 1.72. The Morgan fingerprint density at radius 1 is 1.44 bits per heavy atom. The number of nitrogens with one attached hydrogen (secondary N) is 2. The van der Waals surface area contributed by atoms with Crippen molar-refractivity contribution in [2.24, 2.45) is 5.92 Å². The molecule has 0 saturated carbocycles. The van der Waals surface area contributed by atoms with Crippen LogP contribution in [0.1, 0.15) is 12.5 Å². The Hall–Kier alpha value is -1.55. The van der Waals surface area contributed by atoms with Gasteiger partial charge >= 0.3 is 0 Å². The quantitative estimate of drug-likeness (QED) is 0.820. The van der Waals surface area contributed by atoms with Gasteiger partial charge in [-0.05, 0) is 26.0 Å². The van der Waals surface area contributed by atoms with Crippen LogP contribution < -0.4 is 15.4 Å². The molecule has 1 saturated heterocycles. The number of carbonyl (C=O) groups excluding carboxylic acids is 1. The van der Waals surface area contributed by atoms with Gasteiger partial charge in [-0.1, -0.05) is 17.7 Å². The van der Waals surface area contributed by atoms with Crippen LogP contribution in [0.3, 0.4) is 0 Å². The van der Waals surface area contributed by atoms with Crippen LogP contribution in [0.4, 0.5) is 0 Å². The van der Waals surface area contributed by atoms with E-state index in [1.807, 2.05) is 38.1 Å². The molecule has 2 N–H and O–H groups in total. The number of amides is 1. The molecule has 1 atom stereocenters. The second-order valence-electron chi connectivity index (χ2n) is 4.89. The molecular formula is C14H20N2O2. The smallest absolute Gasteiger partial charge is 0.226 e. The first-order chi connectivity index (χ1) is 8.65. The molecule has 4 nitrogen and oxygen atoms in total. The van der Waals surface area contributed by atoms with Gasteiger partial charge in [-0.15, -0.1) is 0 Å². The Morgan fingerprint density at radius 2 is 2.11 bits per heavy atom. The summed E-state index contributed by atoms with van der Waals surface area (Å²) in [5, 5.41) is 6.05. The first kappa shape index (κ1) is 12.9. The molecule has 1 aromatic carbocycles. The van der Waals surface area contributed by atoms with Crippen LogP contribution in [-0.4, -0.2) is 31.6 Å². The van der Waals surface area contributed by atoms with Crippen molar-refractivity contribution in [3.8, 4) is 5.75 Å². The van der Waals surface area contributed by atoms with Gasteiger partial charge in [0.25, 0.3) is 0 Å². The van der Waals surface area contributed by atoms with E-state index < -0.39 is 0 Å². The summed E-state index contributed by atoms with van der Waals surface area (Å²) in [5.41, 5.74) is 1.21. The highest BCUT2D eigenvalue weighted by atomic mass is 16.5. The molecule has 1 amide bonds. The summed E-state index contributed by atoms with van der Waals surface area (Å²) in [6.07, 6.45) is 0. The lowest BCUT2D eigenvalue weighted by atomic mass is 10.0. The lowest BCUT2D eigenvalue weighted by Crippen LogP contribution is -2.53. The number of aryl methyl sites for hydroxylation is 1. The van der Waals surface area contributed by atoms with Crippen molar-refractivity contribution in [3.05, 3.63) is 29.8 Å². The van der Waals surface area contributed by atoms with Crippen molar-refractivity contribution in [2.45, 2.75) is 19.9 Å². The van der Waals surface area contributed by atoms with Crippen LogP contribution in [0.15, 0.2) is 24.3 Å². The standard InChI is InChI=1S/C14H20N2O2/c1-10-3-5-13(6-4-10)18-9-11(2)16-14(17)12-7-15-8-12/h3-6,11-12,15H,7-9H2,1-2H3,(H,16,17). The van der Waals surface area contributed by atoms with Crippen molar-refractivity contribution < 1.29 is 9.53 Å². The number of hydrogen-bond donors (Lipinski definition) is 2. The van der Waals surface area contributed by atoms with Crippen LogP contribution in [0.2, 0.25) is 0 Å². The predicted molar refractivity (Wildman–Crippen MR) is 70.6 cm³/mol. The maximum absolute atomic E-state index is 11.7. The second kappa shape index (κ2) is 5.87. The minimum Gasteiger partial charge on any atom is -0.491 e. The highest BCUT2D eigenvalue weighted by Gasteiger charge is 2.25. The molecular weight excluding hydrogens is 228 g/mol. The van der Waals surface area contributed by atoms with Crippen molar-refractivity contribution >= 4 is 5.91 Å². The summed E-state index contributed by atoms with van der Waals surface area (Å²) < 4.78 is 5.62. The minimum atomic E-state index is 0.0272. The fraction of sp³-hybridized carbons (Fsp3) is 0.500. The van der Waals surface area contributed by atoms with E-state index in [-0.39, 0.29) is 17.9 Å². The third-order valence-corrected chi connectivity index (χ3v) is 3.06. The lowest BCUT2D eigenvalue weighted by Gasteiger charge is -2.27. The van der Waals surface area contributed by atoms with Crippen molar-refractivity contribution in [1.29, 1.82) is 0 Å². The second-order valence-corrected chi connectivity index (χ2v) is 4.89. The first-order valence-corrected chi connectivity index (χ1v) is 6.35. The summed E-state index contributed by atoms with van der Waals surface area (Å²) in [4.78, 5) is 11.7. The van der Waals surface area contributed by atoms with Gasteiger partial charge in [0.05, 0.1) is 12.0 Å². The Morgan fingerprint density at radius 3 is 2.67 bits per heavy atom. The maximum Gasteiger partial charge on any atom is 0.226 e. The molecule has 0 aliphatic carbocycles. The van der Waals surface area contributed by atoms with E-state index in [4.69, 9.17) is 4.74 Å². The normalized spacial score (nSPS) is 16.8. The van der Waals surface area contributed by atoms with E-state index in [0.717, 1.165) is 18.8 Å². The fourth-order valence-corrected chi connectivity index (χ4v) is 1.73. The monoisotopic (exact) mass is 248 g/mol. The summed E-state index contributed by atoms with van der Waals surface area (Å²) >= 11 is 0. The first-order valence-electron chi connectivity index (χ1n) is 6.35. The zero-order valence-corrected chi connectivity index (χ0v) is 10.9. The van der Waals surface area contributed by atoms with E-state index in [1.54, 1.807) is 0 Å². The molecule has 1 aliphatic heterocycles. The molecule has 1 unspecified atom stereocenters. The number of hydrogen-bond acceptors (Lipinski definition) is 3. The minimum absolute atomic E-state index is 0.0272. The highest BCUT2D eigenvalue weighted by Crippen LogP contribution is 2.11. The molecule has 4 heteroatoms. The maximum atomic E-state index is 11.7. The van der Waals surface area contributed by atoms with Gasteiger partial charge in [0.2, 0.25) is 5.91 Å². The molecule has 0 bridgehead atoms. The van der Waals surface area contributed by atoms with Gasteiger partial charge in [-0.2, -0.15) is 0 Å². The summed E-state index contributed by atoms with van der Waals surface area (Å²) in [7, 11) is 0. The molecule has 0 radical (unpaired) electrons. The molecule has 98 valence electrons. The molecule has 18 heavy (non-hydrogen) atoms. The van der Waals surface area contributed by atoms with Gasteiger partial charge < -0.3 is 15.4 Å². The zero-order valence-electron chi connectivity index (χ0n) is 10.9. The molecule has 2 rings (SSSR count). The third kappa shape index (κ3) is 3.47. The number of carbonyl (C=O) groups is 1. The van der Waals surface area contributed by atoms with E-state index >= 15 is 0 Å². The predicted octanol–water partition coefficient (Wildman–Crippen LogP) is 1.10.